The van der Waals surface area contributed by atoms with Gasteiger partial charge >= 0.3 is 18.3 Å². The molecule has 0 aromatic heterocycles. The van der Waals surface area contributed by atoms with Gasteiger partial charge in [-0.2, -0.15) is 4.90 Å². The first-order chi connectivity index (χ1) is 16.0. The number of rotatable bonds is 4. The maximum Gasteiger partial charge on any atom is 0.424 e. The molecule has 0 bridgehead atoms. The molecule has 2 aromatic rings. The molecule has 3 N–H and O–H groups in total. The topological polar surface area (TPSA) is 122 Å². The smallest absolute Gasteiger partial charge is 0.424 e. The van der Waals surface area contributed by atoms with Crippen LogP contribution in [0.15, 0.2) is 36.4 Å². The zero-order chi connectivity index (χ0) is 26.7. The SMILES string of the molecule is CC(C)(C)OC(=O)N(C(=O)OC(C)(C)C)c1c(N)ccc(N(Cc2ccc(F)cc2)C(=O)O)c1F. The molecule has 2 rings (SSSR count). The minimum atomic E-state index is -1.54. The van der Waals surface area contributed by atoms with Gasteiger partial charge in [0.1, 0.15) is 22.7 Å². The van der Waals surface area contributed by atoms with E-state index in [1.165, 1.54) is 12.1 Å². The average molecular weight is 494 g/mol. The van der Waals surface area contributed by atoms with Crippen LogP contribution in [0.3, 0.4) is 0 Å². The Morgan fingerprint density at radius 1 is 0.886 bits per heavy atom. The molecule has 3 amide bonds. The first kappa shape index (κ1) is 27.4. The van der Waals surface area contributed by atoms with Crippen LogP contribution in [0.5, 0.6) is 0 Å². The molecule has 0 aliphatic rings. The summed E-state index contributed by atoms with van der Waals surface area (Å²) in [6, 6.07) is 7.19. The Balaban J connectivity index is 2.64. The minimum Gasteiger partial charge on any atom is -0.465 e. The van der Waals surface area contributed by atoms with Gasteiger partial charge in [0.15, 0.2) is 5.82 Å². The molecule has 0 saturated carbocycles. The third kappa shape index (κ3) is 7.29. The fourth-order valence-corrected chi connectivity index (χ4v) is 2.91. The number of carbonyl (C=O) groups excluding carboxylic acids is 2. The molecule has 0 radical (unpaired) electrons. The van der Waals surface area contributed by atoms with Gasteiger partial charge in [0.25, 0.3) is 0 Å². The lowest BCUT2D eigenvalue weighted by molar-refractivity contribution is 0.0429. The lowest BCUT2D eigenvalue weighted by Gasteiger charge is -2.30. The molecule has 190 valence electrons. The highest BCUT2D eigenvalue weighted by atomic mass is 19.1. The maximum atomic E-state index is 15.8. The highest BCUT2D eigenvalue weighted by Gasteiger charge is 2.37. The Hall–Kier alpha value is -3.89. The van der Waals surface area contributed by atoms with Gasteiger partial charge in [-0.1, -0.05) is 12.1 Å². The number of anilines is 3. The number of nitrogen functional groups attached to an aromatic ring is 1. The van der Waals surface area contributed by atoms with Crippen molar-refractivity contribution in [3.8, 4) is 0 Å². The summed E-state index contributed by atoms with van der Waals surface area (Å²) in [4.78, 5) is 38.8. The zero-order valence-corrected chi connectivity index (χ0v) is 20.4. The second-order valence-electron chi connectivity index (χ2n) is 9.63. The van der Waals surface area contributed by atoms with E-state index in [0.29, 0.717) is 15.4 Å². The molecular weight excluding hydrogens is 464 g/mol. The van der Waals surface area contributed by atoms with Gasteiger partial charge in [0.2, 0.25) is 0 Å². The molecule has 2 aromatic carbocycles. The molecular formula is C24H29F2N3O6. The fraction of sp³-hybridized carbons (Fsp3) is 0.375. The molecule has 0 heterocycles. The maximum absolute atomic E-state index is 15.8. The van der Waals surface area contributed by atoms with Crippen molar-refractivity contribution in [2.24, 2.45) is 0 Å². The van der Waals surface area contributed by atoms with Crippen molar-refractivity contribution in [3.05, 3.63) is 53.6 Å². The molecule has 0 spiro atoms. The van der Waals surface area contributed by atoms with Crippen LogP contribution in [-0.4, -0.2) is 34.6 Å². The van der Waals surface area contributed by atoms with E-state index in [1.54, 1.807) is 41.5 Å². The van der Waals surface area contributed by atoms with Crippen molar-refractivity contribution < 1.29 is 37.7 Å². The number of nitrogens with two attached hydrogens (primary N) is 1. The molecule has 0 saturated heterocycles. The Bertz CT molecular complexity index is 1080. The van der Waals surface area contributed by atoms with Gasteiger partial charge in [-0.3, -0.25) is 4.90 Å². The van der Waals surface area contributed by atoms with E-state index in [2.05, 4.69) is 0 Å². The fourth-order valence-electron chi connectivity index (χ4n) is 2.91. The standard InChI is InChI=1S/C24H29F2N3O6/c1-23(2,3)34-21(32)29(22(33)35-24(4,5)6)19-16(27)11-12-17(18(19)26)28(20(30)31)13-14-7-9-15(25)10-8-14/h7-12H,13,27H2,1-6H3,(H,30,31). The molecule has 0 atom stereocenters. The molecule has 0 unspecified atom stereocenters. The van der Waals surface area contributed by atoms with Crippen molar-refractivity contribution in [2.45, 2.75) is 59.3 Å². The minimum absolute atomic E-state index is 0.294. The van der Waals surface area contributed by atoms with E-state index in [0.717, 1.165) is 24.3 Å². The Morgan fingerprint density at radius 2 is 1.37 bits per heavy atom. The summed E-state index contributed by atoms with van der Waals surface area (Å²) in [7, 11) is 0. The first-order valence-electron chi connectivity index (χ1n) is 10.6. The molecule has 9 nitrogen and oxygen atoms in total. The molecule has 0 fully saturated rings. The number of ether oxygens (including phenoxy) is 2. The molecule has 35 heavy (non-hydrogen) atoms. The van der Waals surface area contributed by atoms with Gasteiger partial charge in [-0.25, -0.2) is 23.2 Å². The van der Waals surface area contributed by atoms with Crippen molar-refractivity contribution >= 4 is 35.3 Å². The lowest BCUT2D eigenvalue weighted by atomic mass is 10.1. The number of imide groups is 1. The lowest BCUT2D eigenvalue weighted by Crippen LogP contribution is -2.44. The number of hydrogen-bond donors (Lipinski definition) is 2. The van der Waals surface area contributed by atoms with Crippen molar-refractivity contribution in [3.63, 3.8) is 0 Å². The first-order valence-corrected chi connectivity index (χ1v) is 10.6. The number of halogens is 2. The quantitative estimate of drug-likeness (QED) is 0.508. The number of carboxylic acid groups (broad SMARTS) is 1. The summed E-state index contributed by atoms with van der Waals surface area (Å²) in [5.41, 5.74) is 2.62. The highest BCUT2D eigenvalue weighted by molar-refractivity contribution is 6.12. The van der Waals surface area contributed by atoms with Crippen LogP contribution in [0.4, 0.5) is 40.2 Å². The van der Waals surface area contributed by atoms with E-state index < -0.39 is 52.5 Å². The third-order valence-corrected chi connectivity index (χ3v) is 4.28. The van der Waals surface area contributed by atoms with E-state index in [-0.39, 0.29) is 12.2 Å². The van der Waals surface area contributed by atoms with Gasteiger partial charge in [-0.15, -0.1) is 0 Å². The summed E-state index contributed by atoms with van der Waals surface area (Å²) < 4.78 is 39.6. The number of benzene rings is 2. The Kier molecular flexibility index (Phi) is 7.94. The third-order valence-electron chi connectivity index (χ3n) is 4.28. The predicted molar refractivity (Wildman–Crippen MR) is 126 cm³/mol. The van der Waals surface area contributed by atoms with Gasteiger partial charge in [-0.05, 0) is 71.4 Å². The largest absolute Gasteiger partial charge is 0.465 e. The van der Waals surface area contributed by atoms with Crippen LogP contribution in [0.1, 0.15) is 47.1 Å². The Morgan fingerprint density at radius 3 is 1.80 bits per heavy atom. The van der Waals surface area contributed by atoms with Crippen LogP contribution >= 0.6 is 0 Å². The summed E-state index contributed by atoms with van der Waals surface area (Å²) in [6.45, 7) is 8.92. The zero-order valence-electron chi connectivity index (χ0n) is 20.4. The van der Waals surface area contributed by atoms with Gasteiger partial charge in [0, 0.05) is 0 Å². The normalized spacial score (nSPS) is 11.5. The summed E-state index contributed by atoms with van der Waals surface area (Å²) in [5, 5.41) is 9.75. The van der Waals surface area contributed by atoms with E-state index in [4.69, 9.17) is 15.2 Å². The monoisotopic (exact) mass is 493 g/mol. The van der Waals surface area contributed by atoms with Crippen molar-refractivity contribution in [2.75, 3.05) is 15.5 Å². The number of hydrogen-bond acceptors (Lipinski definition) is 6. The van der Waals surface area contributed by atoms with Gasteiger partial charge < -0.3 is 20.3 Å². The van der Waals surface area contributed by atoms with Crippen LogP contribution < -0.4 is 15.5 Å². The van der Waals surface area contributed by atoms with Crippen molar-refractivity contribution in [1.82, 2.24) is 0 Å². The molecule has 0 aliphatic carbocycles. The van der Waals surface area contributed by atoms with E-state index in [1.807, 2.05) is 0 Å². The second kappa shape index (κ2) is 10.2. The van der Waals surface area contributed by atoms with Crippen molar-refractivity contribution in [1.29, 1.82) is 0 Å². The van der Waals surface area contributed by atoms with E-state index >= 15 is 4.39 Å². The number of nitrogens with zero attached hydrogens (tertiary/aromatic N) is 2. The van der Waals surface area contributed by atoms with E-state index in [9.17, 15) is 23.9 Å². The van der Waals surface area contributed by atoms with Crippen LogP contribution in [0.25, 0.3) is 0 Å². The summed E-state index contributed by atoms with van der Waals surface area (Å²) in [5.74, 6) is -1.80. The number of carbonyl (C=O) groups is 3. The summed E-state index contributed by atoms with van der Waals surface area (Å²) in [6.07, 6.45) is -4.07. The molecule has 11 heteroatoms. The predicted octanol–water partition coefficient (Wildman–Crippen LogP) is 5.91. The Labute approximate surface area is 202 Å². The number of amides is 3. The van der Waals surface area contributed by atoms with Crippen LogP contribution in [-0.2, 0) is 16.0 Å². The van der Waals surface area contributed by atoms with Crippen LogP contribution in [0, 0.1) is 11.6 Å². The molecule has 0 aliphatic heterocycles. The van der Waals surface area contributed by atoms with Gasteiger partial charge in [0.05, 0.1) is 17.9 Å². The highest BCUT2D eigenvalue weighted by Crippen LogP contribution is 2.36. The summed E-state index contributed by atoms with van der Waals surface area (Å²) >= 11 is 0. The van der Waals surface area contributed by atoms with Crippen LogP contribution in [0.2, 0.25) is 0 Å². The average Bonchev–Trinajstić information content (AvgIpc) is 2.68. The second-order valence-corrected chi connectivity index (χ2v) is 9.63.